The lowest BCUT2D eigenvalue weighted by atomic mass is 9.41. The van der Waals surface area contributed by atoms with Crippen molar-refractivity contribution >= 4 is 0 Å². The molecule has 0 aromatic heterocycles. The Morgan fingerprint density at radius 1 is 0.844 bits per heavy atom. The predicted molar refractivity (Wildman–Crippen MR) is 135 cm³/mol. The minimum Gasteiger partial charge on any atom is -0.393 e. The summed E-state index contributed by atoms with van der Waals surface area (Å²) in [4.78, 5) is 0. The Labute approximate surface area is 199 Å². The largest absolute Gasteiger partial charge is 0.393 e. The van der Waals surface area contributed by atoms with E-state index in [9.17, 15) is 5.11 Å². The predicted octanol–water partition coefficient (Wildman–Crippen LogP) is 8.41. The Kier molecular flexibility index (Phi) is 5.21. The van der Waals surface area contributed by atoms with E-state index in [1.807, 2.05) is 0 Å². The van der Waals surface area contributed by atoms with Crippen LogP contribution in [0.2, 0.25) is 0 Å². The van der Waals surface area contributed by atoms with Crippen molar-refractivity contribution in [2.45, 2.75) is 125 Å². The Bertz CT molecular complexity index is 779. The summed E-state index contributed by atoms with van der Waals surface area (Å²) in [5.74, 6) is 4.02. The van der Waals surface area contributed by atoms with Gasteiger partial charge < -0.3 is 5.11 Å². The summed E-state index contributed by atoms with van der Waals surface area (Å²) in [5, 5.41) is 10.9. The van der Waals surface area contributed by atoms with Gasteiger partial charge in [0.2, 0.25) is 0 Å². The number of hydrogen-bond donors (Lipinski definition) is 1. The smallest absolute Gasteiger partial charge is 0.0594 e. The van der Waals surface area contributed by atoms with Crippen LogP contribution >= 0.6 is 0 Å². The molecule has 9 atom stereocenters. The lowest BCUT2D eigenvalue weighted by molar-refractivity contribution is -0.161. The molecule has 0 aliphatic heterocycles. The van der Waals surface area contributed by atoms with Gasteiger partial charge in [-0.25, -0.2) is 0 Å². The Balaban J connectivity index is 1.39. The van der Waals surface area contributed by atoms with Crippen molar-refractivity contribution in [2.75, 3.05) is 0 Å². The quantitative estimate of drug-likeness (QED) is 0.425. The van der Waals surface area contributed by atoms with Crippen molar-refractivity contribution in [3.8, 4) is 0 Å². The van der Waals surface area contributed by atoms with Gasteiger partial charge in [0.05, 0.1) is 6.10 Å². The van der Waals surface area contributed by atoms with Crippen LogP contribution in [0.15, 0.2) is 12.2 Å². The molecular weight excluding hydrogens is 388 g/mol. The zero-order valence-corrected chi connectivity index (χ0v) is 22.4. The molecule has 0 radical (unpaired) electrons. The number of allylic oxidation sites excluding steroid dienone is 1. The molecule has 0 aromatic rings. The molecule has 5 fully saturated rings. The van der Waals surface area contributed by atoms with Crippen LogP contribution in [0.1, 0.15) is 119 Å². The standard InChI is InChI=1S/C31H52O/c1-20(2)21(3)9-10-22(4)23-13-15-29(8)25-12-11-24-27(5,6)26(32)14-16-30(24)19-31(25,30)18-17-28(23,29)7/h20,22-26,32H,3,9-19H2,1-2,4-8H3/t22-,23-,24+,25+,26+,28-,29+,30-,31-/m1/s1. The van der Waals surface area contributed by atoms with Crippen LogP contribution in [-0.2, 0) is 0 Å². The van der Waals surface area contributed by atoms with Crippen molar-refractivity contribution in [1.82, 2.24) is 0 Å². The average Bonchev–Trinajstić information content (AvgIpc) is 3.31. The molecule has 2 spiro atoms. The summed E-state index contributed by atoms with van der Waals surface area (Å²) in [6.07, 6.45) is 15.0. The maximum absolute atomic E-state index is 10.9. The minimum atomic E-state index is -0.0888. The summed E-state index contributed by atoms with van der Waals surface area (Å²) in [6.45, 7) is 21.8. The third-order valence-corrected chi connectivity index (χ3v) is 13.6. The maximum Gasteiger partial charge on any atom is 0.0594 e. The molecule has 182 valence electrons. The number of aliphatic hydroxyl groups is 1. The van der Waals surface area contributed by atoms with E-state index in [-0.39, 0.29) is 11.5 Å². The third-order valence-electron chi connectivity index (χ3n) is 13.6. The van der Waals surface area contributed by atoms with Crippen LogP contribution < -0.4 is 0 Å². The van der Waals surface area contributed by atoms with Gasteiger partial charge in [-0.05, 0) is 127 Å². The van der Waals surface area contributed by atoms with E-state index in [2.05, 4.69) is 55.0 Å². The zero-order valence-electron chi connectivity index (χ0n) is 22.4. The van der Waals surface area contributed by atoms with E-state index in [0.29, 0.717) is 27.6 Å². The lowest BCUT2D eigenvalue weighted by Gasteiger charge is -2.63. The second kappa shape index (κ2) is 7.11. The second-order valence-corrected chi connectivity index (χ2v) is 14.9. The van der Waals surface area contributed by atoms with Gasteiger partial charge in [-0.2, -0.15) is 0 Å². The second-order valence-electron chi connectivity index (χ2n) is 14.9. The molecule has 0 heterocycles. The van der Waals surface area contributed by atoms with Crippen LogP contribution in [0.4, 0.5) is 0 Å². The first-order valence-corrected chi connectivity index (χ1v) is 14.2. The molecular formula is C31H52O. The molecule has 1 heteroatoms. The highest BCUT2D eigenvalue weighted by molar-refractivity contribution is 5.30. The summed E-state index contributed by atoms with van der Waals surface area (Å²) in [6, 6.07) is 0. The number of fused-ring (bicyclic) bond motifs is 2. The van der Waals surface area contributed by atoms with Gasteiger partial charge in [-0.3, -0.25) is 0 Å². The van der Waals surface area contributed by atoms with Gasteiger partial charge in [0.25, 0.3) is 0 Å². The van der Waals surface area contributed by atoms with Crippen molar-refractivity contribution in [3.63, 3.8) is 0 Å². The molecule has 5 aliphatic carbocycles. The highest BCUT2D eigenvalue weighted by Gasteiger charge is 2.82. The molecule has 0 unspecified atom stereocenters. The molecule has 5 rings (SSSR count). The number of hydrogen-bond acceptors (Lipinski definition) is 1. The zero-order chi connectivity index (χ0) is 23.3. The number of rotatable bonds is 5. The topological polar surface area (TPSA) is 20.2 Å². The van der Waals surface area contributed by atoms with Crippen molar-refractivity contribution in [2.24, 2.45) is 56.7 Å². The normalized spacial score (nSPS) is 51.9. The van der Waals surface area contributed by atoms with Crippen molar-refractivity contribution < 1.29 is 5.11 Å². The molecule has 5 saturated carbocycles. The first-order chi connectivity index (χ1) is 14.9. The summed E-state index contributed by atoms with van der Waals surface area (Å²) < 4.78 is 0. The Hall–Kier alpha value is -0.300. The van der Waals surface area contributed by atoms with Crippen LogP contribution in [0, 0.1) is 56.7 Å². The van der Waals surface area contributed by atoms with E-state index >= 15 is 0 Å². The van der Waals surface area contributed by atoms with Crippen molar-refractivity contribution in [1.29, 1.82) is 0 Å². The summed E-state index contributed by atoms with van der Waals surface area (Å²) >= 11 is 0. The van der Waals surface area contributed by atoms with E-state index in [4.69, 9.17) is 0 Å². The maximum atomic E-state index is 10.9. The summed E-state index contributed by atoms with van der Waals surface area (Å²) in [5.41, 5.74) is 3.79. The molecule has 5 aliphatic rings. The van der Waals surface area contributed by atoms with Gasteiger partial charge in [0.15, 0.2) is 0 Å². The molecule has 0 amide bonds. The van der Waals surface area contributed by atoms with Crippen molar-refractivity contribution in [3.05, 3.63) is 12.2 Å². The first-order valence-electron chi connectivity index (χ1n) is 14.2. The first kappa shape index (κ1) is 23.4. The molecule has 32 heavy (non-hydrogen) atoms. The fourth-order valence-electron chi connectivity index (χ4n) is 11.2. The molecule has 0 saturated heterocycles. The fourth-order valence-corrected chi connectivity index (χ4v) is 11.2. The third kappa shape index (κ3) is 2.73. The molecule has 1 nitrogen and oxygen atoms in total. The van der Waals surface area contributed by atoms with Gasteiger partial charge in [-0.15, -0.1) is 0 Å². The number of aliphatic hydroxyl groups excluding tert-OH is 1. The van der Waals surface area contributed by atoms with Crippen LogP contribution in [-0.4, -0.2) is 11.2 Å². The van der Waals surface area contributed by atoms with Gasteiger partial charge in [-0.1, -0.05) is 60.6 Å². The van der Waals surface area contributed by atoms with Gasteiger partial charge in [0, 0.05) is 0 Å². The minimum absolute atomic E-state index is 0.0888. The van der Waals surface area contributed by atoms with Crippen LogP contribution in [0.5, 0.6) is 0 Å². The Morgan fingerprint density at radius 2 is 1.50 bits per heavy atom. The van der Waals surface area contributed by atoms with E-state index in [0.717, 1.165) is 30.1 Å². The highest BCUT2D eigenvalue weighted by atomic mass is 16.3. The van der Waals surface area contributed by atoms with E-state index in [1.165, 1.54) is 69.8 Å². The lowest BCUT2D eigenvalue weighted by Crippen LogP contribution is -2.57. The Morgan fingerprint density at radius 3 is 2.19 bits per heavy atom. The SMILES string of the molecule is C=C(CC[C@@H](C)[C@H]1CC[C@@]2(C)[C@@H]3CC[C@H]4C(C)(C)[C@@H](O)CC[C@@]45C[C@]35CC[C@]12C)C(C)C. The van der Waals surface area contributed by atoms with Crippen LogP contribution in [0.25, 0.3) is 0 Å². The molecule has 0 aromatic carbocycles. The molecule has 0 bridgehead atoms. The highest BCUT2D eigenvalue weighted by Crippen LogP contribution is 2.89. The summed E-state index contributed by atoms with van der Waals surface area (Å²) in [7, 11) is 0. The average molecular weight is 441 g/mol. The van der Waals surface area contributed by atoms with E-state index < -0.39 is 0 Å². The fraction of sp³-hybridized carbons (Fsp3) is 0.935. The van der Waals surface area contributed by atoms with Gasteiger partial charge >= 0.3 is 0 Å². The van der Waals surface area contributed by atoms with E-state index in [1.54, 1.807) is 0 Å². The molecule has 1 N–H and O–H groups in total. The van der Waals surface area contributed by atoms with Gasteiger partial charge in [0.1, 0.15) is 0 Å². The monoisotopic (exact) mass is 440 g/mol. The van der Waals surface area contributed by atoms with Crippen LogP contribution in [0.3, 0.4) is 0 Å².